The lowest BCUT2D eigenvalue weighted by Crippen LogP contribution is -2.29. The Bertz CT molecular complexity index is 544. The second kappa shape index (κ2) is 4.88. The molecule has 102 valence electrons. The monoisotopic (exact) mass is 274 g/mol. The number of alkyl halides is 3. The maximum absolute atomic E-state index is 13.0. The Labute approximate surface area is 106 Å². The van der Waals surface area contributed by atoms with Gasteiger partial charge in [0.25, 0.3) is 0 Å². The Morgan fingerprint density at radius 1 is 1.32 bits per heavy atom. The second-order valence-electron chi connectivity index (χ2n) is 4.38. The van der Waals surface area contributed by atoms with Crippen LogP contribution < -0.4 is 5.32 Å². The number of halogens is 4. The average molecular weight is 274 g/mol. The van der Waals surface area contributed by atoms with Crippen LogP contribution in [-0.2, 0) is 11.0 Å². The standard InChI is InChI=1S/C12H10F4N2O/c1-11(2,6-17)10(19)18-7-3-4-9(13)8(5-7)12(14,15)16/h3-5H,1-2H3,(H,18,19). The fourth-order valence-corrected chi connectivity index (χ4v) is 1.16. The van der Waals surface area contributed by atoms with Gasteiger partial charge in [0.1, 0.15) is 11.2 Å². The first kappa shape index (κ1) is 15.0. The summed E-state index contributed by atoms with van der Waals surface area (Å²) in [5.41, 5.74) is -3.09. The van der Waals surface area contributed by atoms with E-state index in [0.717, 1.165) is 6.07 Å². The first-order valence-corrected chi connectivity index (χ1v) is 5.17. The van der Waals surface area contributed by atoms with Crippen molar-refractivity contribution in [3.05, 3.63) is 29.6 Å². The van der Waals surface area contributed by atoms with Gasteiger partial charge in [0.05, 0.1) is 11.6 Å². The summed E-state index contributed by atoms with van der Waals surface area (Å²) in [7, 11) is 0. The number of carbonyl (C=O) groups is 1. The van der Waals surface area contributed by atoms with Crippen LogP contribution in [0.1, 0.15) is 19.4 Å². The SMILES string of the molecule is CC(C)(C#N)C(=O)Nc1ccc(F)c(C(F)(F)F)c1. The fraction of sp³-hybridized carbons (Fsp3) is 0.333. The van der Waals surface area contributed by atoms with Gasteiger partial charge in [-0.25, -0.2) is 4.39 Å². The minimum absolute atomic E-state index is 0.220. The molecule has 0 aliphatic heterocycles. The summed E-state index contributed by atoms with van der Waals surface area (Å²) < 4.78 is 50.4. The molecule has 0 heterocycles. The molecule has 0 aliphatic rings. The lowest BCUT2D eigenvalue weighted by Gasteiger charge is -2.16. The zero-order valence-electron chi connectivity index (χ0n) is 10.1. The minimum Gasteiger partial charge on any atom is -0.325 e. The molecule has 1 aromatic rings. The van der Waals surface area contributed by atoms with Crippen molar-refractivity contribution in [3.63, 3.8) is 0 Å². The molecule has 7 heteroatoms. The van der Waals surface area contributed by atoms with Crippen molar-refractivity contribution in [2.24, 2.45) is 5.41 Å². The number of anilines is 1. The van der Waals surface area contributed by atoms with Crippen LogP contribution in [0.25, 0.3) is 0 Å². The van der Waals surface area contributed by atoms with Gasteiger partial charge >= 0.3 is 6.18 Å². The Balaban J connectivity index is 3.06. The molecule has 0 aliphatic carbocycles. The Kier molecular flexibility index (Phi) is 3.84. The highest BCUT2D eigenvalue weighted by molar-refractivity contribution is 5.96. The lowest BCUT2D eigenvalue weighted by atomic mass is 9.94. The number of amides is 1. The third-order valence-electron chi connectivity index (χ3n) is 2.38. The van der Waals surface area contributed by atoms with Crippen LogP contribution in [0.5, 0.6) is 0 Å². The van der Waals surface area contributed by atoms with Crippen molar-refractivity contribution in [2.75, 3.05) is 5.32 Å². The van der Waals surface area contributed by atoms with Gasteiger partial charge in [-0.3, -0.25) is 4.79 Å². The molecule has 1 rings (SSSR count). The summed E-state index contributed by atoms with van der Waals surface area (Å²) in [6.07, 6.45) is -4.85. The van der Waals surface area contributed by atoms with E-state index in [9.17, 15) is 22.4 Å². The number of rotatable bonds is 2. The van der Waals surface area contributed by atoms with E-state index in [1.807, 2.05) is 0 Å². The molecule has 0 fully saturated rings. The topological polar surface area (TPSA) is 52.9 Å². The molecule has 0 saturated heterocycles. The third-order valence-corrected chi connectivity index (χ3v) is 2.38. The van der Waals surface area contributed by atoms with Crippen LogP contribution >= 0.6 is 0 Å². The highest BCUT2D eigenvalue weighted by Crippen LogP contribution is 2.33. The number of nitrogens with zero attached hydrogens (tertiary/aromatic N) is 1. The predicted octanol–water partition coefficient (Wildman–Crippen LogP) is 3.33. The summed E-state index contributed by atoms with van der Waals surface area (Å²) in [6, 6.07) is 3.80. The second-order valence-corrected chi connectivity index (χ2v) is 4.38. The number of carbonyl (C=O) groups excluding carboxylic acids is 1. The van der Waals surface area contributed by atoms with Crippen molar-refractivity contribution in [1.82, 2.24) is 0 Å². The average Bonchev–Trinajstić information content (AvgIpc) is 2.30. The number of benzene rings is 1. The minimum atomic E-state index is -4.85. The smallest absolute Gasteiger partial charge is 0.325 e. The van der Waals surface area contributed by atoms with Gasteiger partial charge in [-0.05, 0) is 32.0 Å². The third kappa shape index (κ3) is 3.44. The summed E-state index contributed by atoms with van der Waals surface area (Å²) in [4.78, 5) is 11.6. The van der Waals surface area contributed by atoms with E-state index in [1.54, 1.807) is 6.07 Å². The van der Waals surface area contributed by atoms with Crippen LogP contribution in [0.4, 0.5) is 23.2 Å². The van der Waals surface area contributed by atoms with Crippen LogP contribution in [0.15, 0.2) is 18.2 Å². The van der Waals surface area contributed by atoms with Gasteiger partial charge in [0, 0.05) is 5.69 Å². The molecule has 19 heavy (non-hydrogen) atoms. The molecule has 3 nitrogen and oxygen atoms in total. The number of nitrogens with one attached hydrogen (secondary N) is 1. The summed E-state index contributed by atoms with van der Waals surface area (Å²) >= 11 is 0. The van der Waals surface area contributed by atoms with Crippen LogP contribution in [0.2, 0.25) is 0 Å². The van der Waals surface area contributed by atoms with E-state index in [4.69, 9.17) is 5.26 Å². The normalized spacial score (nSPS) is 11.8. The highest BCUT2D eigenvalue weighted by Gasteiger charge is 2.35. The molecule has 1 aromatic carbocycles. The van der Waals surface area contributed by atoms with Crippen molar-refractivity contribution in [2.45, 2.75) is 20.0 Å². The first-order valence-electron chi connectivity index (χ1n) is 5.17. The molecule has 0 aromatic heterocycles. The van der Waals surface area contributed by atoms with Crippen molar-refractivity contribution in [3.8, 4) is 6.07 Å². The lowest BCUT2D eigenvalue weighted by molar-refractivity contribution is -0.140. The van der Waals surface area contributed by atoms with Gasteiger partial charge < -0.3 is 5.32 Å². The van der Waals surface area contributed by atoms with Crippen LogP contribution in [-0.4, -0.2) is 5.91 Å². The first-order chi connectivity index (χ1) is 8.58. The molecule has 0 radical (unpaired) electrons. The highest BCUT2D eigenvalue weighted by atomic mass is 19.4. The van der Waals surface area contributed by atoms with Crippen molar-refractivity contribution in [1.29, 1.82) is 5.26 Å². The molecule has 0 spiro atoms. The van der Waals surface area contributed by atoms with E-state index in [-0.39, 0.29) is 5.69 Å². The van der Waals surface area contributed by atoms with E-state index in [1.165, 1.54) is 13.8 Å². The number of hydrogen-bond acceptors (Lipinski definition) is 2. The fourth-order valence-electron chi connectivity index (χ4n) is 1.16. The van der Waals surface area contributed by atoms with Gasteiger partial charge in [0.2, 0.25) is 5.91 Å². The van der Waals surface area contributed by atoms with Gasteiger partial charge in [-0.1, -0.05) is 0 Å². The van der Waals surface area contributed by atoms with Crippen LogP contribution in [0.3, 0.4) is 0 Å². The summed E-state index contributed by atoms with van der Waals surface area (Å²) in [6.45, 7) is 2.63. The van der Waals surface area contributed by atoms with Crippen molar-refractivity contribution < 1.29 is 22.4 Å². The maximum atomic E-state index is 13.0. The largest absolute Gasteiger partial charge is 0.419 e. The zero-order valence-corrected chi connectivity index (χ0v) is 10.1. The zero-order chi connectivity index (χ0) is 14.8. The molecule has 0 saturated carbocycles. The number of nitriles is 1. The molecule has 0 unspecified atom stereocenters. The Morgan fingerprint density at radius 3 is 2.37 bits per heavy atom. The Morgan fingerprint density at radius 2 is 1.89 bits per heavy atom. The Hall–Kier alpha value is -2.10. The maximum Gasteiger partial charge on any atom is 0.419 e. The predicted molar refractivity (Wildman–Crippen MR) is 59.4 cm³/mol. The molecular formula is C12H10F4N2O. The van der Waals surface area contributed by atoms with E-state index < -0.39 is 28.9 Å². The molecule has 1 N–H and O–H groups in total. The summed E-state index contributed by atoms with van der Waals surface area (Å²) in [5, 5.41) is 10.9. The van der Waals surface area contributed by atoms with E-state index >= 15 is 0 Å². The molecule has 0 bridgehead atoms. The van der Waals surface area contributed by atoms with E-state index in [0.29, 0.717) is 12.1 Å². The van der Waals surface area contributed by atoms with Crippen LogP contribution in [0, 0.1) is 22.6 Å². The molecule has 0 atom stereocenters. The number of hydrogen-bond donors (Lipinski definition) is 1. The van der Waals surface area contributed by atoms with Gasteiger partial charge in [-0.15, -0.1) is 0 Å². The molecular weight excluding hydrogens is 264 g/mol. The van der Waals surface area contributed by atoms with E-state index in [2.05, 4.69) is 5.32 Å². The van der Waals surface area contributed by atoms with Crippen molar-refractivity contribution >= 4 is 11.6 Å². The van der Waals surface area contributed by atoms with Gasteiger partial charge in [-0.2, -0.15) is 18.4 Å². The quantitative estimate of drug-likeness (QED) is 0.841. The van der Waals surface area contributed by atoms with Gasteiger partial charge in [0.15, 0.2) is 0 Å². The molecule has 1 amide bonds. The summed E-state index contributed by atoms with van der Waals surface area (Å²) in [5.74, 6) is -2.19.